The van der Waals surface area contributed by atoms with Crippen LogP contribution in [0.4, 0.5) is 0 Å². The monoisotopic (exact) mass is 329 g/mol. The van der Waals surface area contributed by atoms with E-state index in [9.17, 15) is 8.42 Å². The number of aromatic nitrogens is 3. The van der Waals surface area contributed by atoms with Crippen LogP contribution in [0.25, 0.3) is 0 Å². The standard InChI is InChI=1S/C12H19N5O2S2/c1-3-6-13-7-10-4-5-12(20-10)21(18,19)15-8-11-14-9-17(2)16-11/h4-5,9,13,15H,3,6-8H2,1-2H3. The van der Waals surface area contributed by atoms with Crippen molar-refractivity contribution < 1.29 is 8.42 Å². The predicted octanol–water partition coefficient (Wildman–Crippen LogP) is 0.855. The van der Waals surface area contributed by atoms with Crippen LogP contribution in [0.3, 0.4) is 0 Å². The predicted molar refractivity (Wildman–Crippen MR) is 81.3 cm³/mol. The molecule has 21 heavy (non-hydrogen) atoms. The molecule has 0 aliphatic carbocycles. The van der Waals surface area contributed by atoms with Gasteiger partial charge in [-0.05, 0) is 25.1 Å². The fourth-order valence-corrected chi connectivity index (χ4v) is 4.03. The molecular formula is C12H19N5O2S2. The third kappa shape index (κ3) is 4.60. The summed E-state index contributed by atoms with van der Waals surface area (Å²) in [5.74, 6) is 0.447. The molecule has 0 unspecified atom stereocenters. The van der Waals surface area contributed by atoms with E-state index in [1.54, 1.807) is 13.1 Å². The van der Waals surface area contributed by atoms with E-state index in [1.165, 1.54) is 22.3 Å². The first kappa shape index (κ1) is 16.1. The summed E-state index contributed by atoms with van der Waals surface area (Å²) in [6.07, 6.45) is 2.58. The van der Waals surface area contributed by atoms with Crippen molar-refractivity contribution in [1.82, 2.24) is 24.8 Å². The van der Waals surface area contributed by atoms with Crippen LogP contribution in [0.5, 0.6) is 0 Å². The number of rotatable bonds is 8. The summed E-state index contributed by atoms with van der Waals surface area (Å²) in [7, 11) is -1.77. The lowest BCUT2D eigenvalue weighted by molar-refractivity contribution is 0.580. The Balaban J connectivity index is 1.95. The van der Waals surface area contributed by atoms with Crippen LogP contribution >= 0.6 is 11.3 Å². The fraction of sp³-hybridized carbons (Fsp3) is 0.500. The number of aryl methyl sites for hydroxylation is 1. The second kappa shape index (κ2) is 7.12. The lowest BCUT2D eigenvalue weighted by Gasteiger charge is -2.02. The summed E-state index contributed by atoms with van der Waals surface area (Å²) in [5.41, 5.74) is 0. The fourth-order valence-electron chi connectivity index (χ4n) is 1.68. The van der Waals surface area contributed by atoms with Crippen LogP contribution in [-0.2, 0) is 30.2 Å². The molecule has 116 valence electrons. The normalized spacial score (nSPS) is 11.9. The van der Waals surface area contributed by atoms with Crippen molar-refractivity contribution in [3.8, 4) is 0 Å². The molecule has 0 atom stereocenters. The zero-order valence-corrected chi connectivity index (χ0v) is 13.7. The Labute approximate surface area is 128 Å². The van der Waals surface area contributed by atoms with E-state index in [2.05, 4.69) is 27.0 Å². The largest absolute Gasteiger partial charge is 0.312 e. The van der Waals surface area contributed by atoms with E-state index in [1.807, 2.05) is 6.07 Å². The summed E-state index contributed by atoms with van der Waals surface area (Å²) in [5, 5.41) is 7.28. The number of hydrogen-bond acceptors (Lipinski definition) is 6. The Bertz CT molecular complexity index is 677. The number of nitrogens with one attached hydrogen (secondary N) is 2. The van der Waals surface area contributed by atoms with Gasteiger partial charge >= 0.3 is 0 Å². The van der Waals surface area contributed by atoms with E-state index in [0.717, 1.165) is 17.8 Å². The van der Waals surface area contributed by atoms with Gasteiger partial charge in [-0.25, -0.2) is 18.1 Å². The third-order valence-electron chi connectivity index (χ3n) is 2.70. The van der Waals surface area contributed by atoms with Gasteiger partial charge in [0.25, 0.3) is 0 Å². The molecule has 0 bridgehead atoms. The van der Waals surface area contributed by atoms with Crippen molar-refractivity contribution >= 4 is 21.4 Å². The van der Waals surface area contributed by atoms with Crippen molar-refractivity contribution in [3.63, 3.8) is 0 Å². The second-order valence-corrected chi connectivity index (χ2v) is 7.72. The van der Waals surface area contributed by atoms with Crippen LogP contribution in [0.15, 0.2) is 22.7 Å². The lowest BCUT2D eigenvalue weighted by Crippen LogP contribution is -2.23. The highest BCUT2D eigenvalue weighted by molar-refractivity contribution is 7.91. The Hall–Kier alpha value is -1.29. The molecule has 0 aliphatic rings. The molecule has 0 fully saturated rings. The topological polar surface area (TPSA) is 88.9 Å². The van der Waals surface area contributed by atoms with Crippen molar-refractivity contribution in [2.45, 2.75) is 30.6 Å². The van der Waals surface area contributed by atoms with Crippen molar-refractivity contribution in [3.05, 3.63) is 29.2 Å². The van der Waals surface area contributed by atoms with Gasteiger partial charge in [-0.2, -0.15) is 5.10 Å². The summed E-state index contributed by atoms with van der Waals surface area (Å²) in [6.45, 7) is 3.79. The van der Waals surface area contributed by atoms with Crippen LogP contribution in [-0.4, -0.2) is 29.7 Å². The number of hydrogen-bond donors (Lipinski definition) is 2. The molecule has 0 radical (unpaired) electrons. The molecule has 2 N–H and O–H groups in total. The van der Waals surface area contributed by atoms with Crippen molar-refractivity contribution in [2.24, 2.45) is 7.05 Å². The van der Waals surface area contributed by atoms with Gasteiger partial charge in [-0.1, -0.05) is 6.92 Å². The first-order valence-electron chi connectivity index (χ1n) is 6.65. The highest BCUT2D eigenvalue weighted by Gasteiger charge is 2.17. The molecular weight excluding hydrogens is 310 g/mol. The summed E-state index contributed by atoms with van der Waals surface area (Å²) >= 11 is 1.27. The van der Waals surface area contributed by atoms with Crippen LogP contribution in [0.2, 0.25) is 0 Å². The summed E-state index contributed by atoms with van der Waals surface area (Å²) in [6, 6.07) is 3.46. The van der Waals surface area contributed by atoms with E-state index >= 15 is 0 Å². The van der Waals surface area contributed by atoms with E-state index in [4.69, 9.17) is 0 Å². The van der Waals surface area contributed by atoms with Gasteiger partial charge in [0, 0.05) is 18.5 Å². The molecule has 0 saturated heterocycles. The van der Waals surface area contributed by atoms with Gasteiger partial charge in [-0.15, -0.1) is 11.3 Å². The number of nitrogens with zero attached hydrogens (tertiary/aromatic N) is 3. The zero-order chi connectivity index (χ0) is 15.3. The van der Waals surface area contributed by atoms with Crippen molar-refractivity contribution in [1.29, 1.82) is 0 Å². The van der Waals surface area contributed by atoms with Gasteiger partial charge in [-0.3, -0.25) is 4.68 Å². The molecule has 2 aromatic heterocycles. The molecule has 0 amide bonds. The van der Waals surface area contributed by atoms with Crippen LogP contribution in [0, 0.1) is 0 Å². The minimum atomic E-state index is -3.51. The SMILES string of the molecule is CCCNCc1ccc(S(=O)(=O)NCc2ncn(C)n2)s1. The third-order valence-corrected chi connectivity index (χ3v) is 5.67. The van der Waals surface area contributed by atoms with E-state index < -0.39 is 10.0 Å². The first-order valence-corrected chi connectivity index (χ1v) is 8.95. The first-order chi connectivity index (χ1) is 10.0. The van der Waals surface area contributed by atoms with E-state index in [0.29, 0.717) is 16.6 Å². The van der Waals surface area contributed by atoms with E-state index in [-0.39, 0.29) is 6.54 Å². The Morgan fingerprint density at radius 3 is 2.81 bits per heavy atom. The Kier molecular flexibility index (Phi) is 5.45. The quantitative estimate of drug-likeness (QED) is 0.701. The summed E-state index contributed by atoms with van der Waals surface area (Å²) in [4.78, 5) is 4.99. The lowest BCUT2D eigenvalue weighted by atomic mass is 10.4. The average molecular weight is 329 g/mol. The molecule has 2 aromatic rings. The van der Waals surface area contributed by atoms with Gasteiger partial charge in [0.05, 0.1) is 6.54 Å². The molecule has 2 rings (SSSR count). The van der Waals surface area contributed by atoms with Gasteiger partial charge < -0.3 is 5.32 Å². The van der Waals surface area contributed by atoms with Gasteiger partial charge in [0.2, 0.25) is 10.0 Å². The maximum atomic E-state index is 12.2. The minimum Gasteiger partial charge on any atom is -0.312 e. The molecule has 0 aromatic carbocycles. The average Bonchev–Trinajstić information content (AvgIpc) is 3.06. The Morgan fingerprint density at radius 2 is 2.14 bits per heavy atom. The number of thiophene rings is 1. The maximum absolute atomic E-state index is 12.2. The highest BCUT2D eigenvalue weighted by atomic mass is 32.2. The van der Waals surface area contributed by atoms with Gasteiger partial charge in [0.1, 0.15) is 10.5 Å². The minimum absolute atomic E-state index is 0.0878. The highest BCUT2D eigenvalue weighted by Crippen LogP contribution is 2.21. The van der Waals surface area contributed by atoms with Crippen molar-refractivity contribution in [2.75, 3.05) is 6.54 Å². The summed E-state index contributed by atoms with van der Waals surface area (Å²) < 4.78 is 28.7. The second-order valence-electron chi connectivity index (χ2n) is 4.56. The smallest absolute Gasteiger partial charge is 0.250 e. The molecule has 0 aliphatic heterocycles. The van der Waals surface area contributed by atoms with Crippen LogP contribution < -0.4 is 10.0 Å². The molecule has 7 nitrogen and oxygen atoms in total. The zero-order valence-electron chi connectivity index (χ0n) is 12.0. The number of sulfonamides is 1. The van der Waals surface area contributed by atoms with Crippen LogP contribution in [0.1, 0.15) is 24.0 Å². The van der Waals surface area contributed by atoms with Gasteiger partial charge in [0.15, 0.2) is 5.82 Å². The molecule has 2 heterocycles. The molecule has 9 heteroatoms. The molecule has 0 saturated carbocycles. The Morgan fingerprint density at radius 1 is 1.33 bits per heavy atom. The molecule has 0 spiro atoms. The maximum Gasteiger partial charge on any atom is 0.250 e.